The Bertz CT molecular complexity index is 1190. The Morgan fingerprint density at radius 2 is 1.85 bits per heavy atom. The van der Waals surface area contributed by atoms with Crippen LogP contribution >= 0.6 is 11.6 Å². The molecule has 1 N–H and O–H groups in total. The smallest absolute Gasteiger partial charge is 0.493 e. The molecule has 0 aliphatic rings. The average molecular weight is 480 g/mol. The van der Waals surface area contributed by atoms with E-state index in [2.05, 4.69) is 21.1 Å². The third-order valence-electron chi connectivity index (χ3n) is 4.91. The van der Waals surface area contributed by atoms with E-state index < -0.39 is 12.1 Å². The minimum absolute atomic E-state index is 0.0279. The molecule has 0 fully saturated rings. The molecule has 0 radical (unpaired) electrons. The van der Waals surface area contributed by atoms with Crippen molar-refractivity contribution in [1.82, 2.24) is 4.98 Å². The van der Waals surface area contributed by atoms with Crippen molar-refractivity contribution in [1.29, 1.82) is 5.26 Å². The highest BCUT2D eigenvalue weighted by molar-refractivity contribution is 6.32. The fourth-order valence-corrected chi connectivity index (χ4v) is 3.46. The van der Waals surface area contributed by atoms with Crippen LogP contribution in [0.4, 0.5) is 24.5 Å². The topological polar surface area (TPSA) is 76.4 Å². The first-order valence-electron chi connectivity index (χ1n) is 10.1. The molecular weight excluding hydrogens is 459 g/mol. The molecule has 0 saturated heterocycles. The summed E-state index contributed by atoms with van der Waals surface area (Å²) >= 11 is 5.97. The van der Waals surface area contributed by atoms with Gasteiger partial charge in [-0.2, -0.15) is 5.26 Å². The largest absolute Gasteiger partial charge is 0.573 e. The summed E-state index contributed by atoms with van der Waals surface area (Å²) in [7, 11) is 1.52. The van der Waals surface area contributed by atoms with E-state index in [1.807, 2.05) is 13.8 Å². The molecule has 0 saturated carbocycles. The monoisotopic (exact) mass is 479 g/mol. The summed E-state index contributed by atoms with van der Waals surface area (Å²) in [5.41, 5.74) is 1.53. The maximum atomic E-state index is 12.5. The van der Waals surface area contributed by atoms with Gasteiger partial charge in [-0.25, -0.2) is 0 Å². The van der Waals surface area contributed by atoms with E-state index in [9.17, 15) is 18.4 Å². The van der Waals surface area contributed by atoms with Gasteiger partial charge in [0, 0.05) is 23.3 Å². The minimum Gasteiger partial charge on any atom is -0.493 e. The second kappa shape index (κ2) is 10.0. The van der Waals surface area contributed by atoms with E-state index in [1.54, 1.807) is 12.1 Å². The van der Waals surface area contributed by atoms with Crippen molar-refractivity contribution in [3.8, 4) is 23.3 Å². The minimum atomic E-state index is -4.86. The van der Waals surface area contributed by atoms with Gasteiger partial charge in [0.2, 0.25) is 0 Å². The summed E-state index contributed by atoms with van der Waals surface area (Å²) in [5.74, 6) is 0.459. The summed E-state index contributed by atoms with van der Waals surface area (Å²) in [4.78, 5) is 4.33. The molecular formula is C23H21ClF3N3O3. The third-order valence-corrected chi connectivity index (χ3v) is 5.20. The normalized spacial score (nSPS) is 11.4. The lowest BCUT2D eigenvalue weighted by atomic mass is 10.1. The van der Waals surface area contributed by atoms with Crippen LogP contribution in [0.2, 0.25) is 5.02 Å². The zero-order valence-corrected chi connectivity index (χ0v) is 18.8. The molecule has 0 aliphatic heterocycles. The zero-order valence-electron chi connectivity index (χ0n) is 18.1. The van der Waals surface area contributed by atoms with Gasteiger partial charge in [-0.05, 0) is 37.1 Å². The number of aromatic nitrogens is 1. The summed E-state index contributed by atoms with van der Waals surface area (Å²) in [6.07, 6.45) is -1.90. The van der Waals surface area contributed by atoms with Gasteiger partial charge < -0.3 is 19.5 Å². The van der Waals surface area contributed by atoms with Gasteiger partial charge in [-0.1, -0.05) is 25.4 Å². The molecule has 33 heavy (non-hydrogen) atoms. The van der Waals surface area contributed by atoms with Crippen LogP contribution < -0.4 is 19.5 Å². The van der Waals surface area contributed by atoms with Gasteiger partial charge in [0.1, 0.15) is 11.8 Å². The van der Waals surface area contributed by atoms with E-state index >= 15 is 0 Å². The first-order valence-corrected chi connectivity index (χ1v) is 10.5. The zero-order chi connectivity index (χ0) is 24.2. The number of rotatable bonds is 8. The second-order valence-corrected chi connectivity index (χ2v) is 7.46. The van der Waals surface area contributed by atoms with Crippen molar-refractivity contribution in [2.45, 2.75) is 39.2 Å². The molecule has 1 aromatic heterocycles. The summed E-state index contributed by atoms with van der Waals surface area (Å²) in [6, 6.07) is 9.24. The first-order chi connectivity index (χ1) is 15.7. The molecule has 3 aromatic rings. The molecule has 0 atom stereocenters. The number of pyridine rings is 1. The Hall–Kier alpha value is -3.38. The van der Waals surface area contributed by atoms with Gasteiger partial charge in [0.15, 0.2) is 11.5 Å². The number of nitriles is 1. The van der Waals surface area contributed by atoms with E-state index in [-0.39, 0.29) is 16.7 Å². The summed E-state index contributed by atoms with van der Waals surface area (Å²) in [6.45, 7) is 4.03. The Morgan fingerprint density at radius 1 is 1.12 bits per heavy atom. The van der Waals surface area contributed by atoms with Crippen LogP contribution in [-0.4, -0.2) is 24.6 Å². The van der Waals surface area contributed by atoms with Crippen LogP contribution in [0, 0.1) is 11.3 Å². The van der Waals surface area contributed by atoms with Crippen molar-refractivity contribution in [3.05, 3.63) is 47.1 Å². The van der Waals surface area contributed by atoms with Crippen molar-refractivity contribution in [2.24, 2.45) is 0 Å². The predicted molar refractivity (Wildman–Crippen MR) is 119 cm³/mol. The van der Waals surface area contributed by atoms with E-state index in [1.165, 1.54) is 25.4 Å². The number of nitrogens with one attached hydrogen (secondary N) is 1. The number of benzene rings is 2. The van der Waals surface area contributed by atoms with Gasteiger partial charge in [0.25, 0.3) is 0 Å². The van der Waals surface area contributed by atoms with Crippen LogP contribution in [0.25, 0.3) is 10.9 Å². The number of hydrogen-bond acceptors (Lipinski definition) is 6. The summed E-state index contributed by atoms with van der Waals surface area (Å²) < 4.78 is 53.0. The lowest BCUT2D eigenvalue weighted by Gasteiger charge is -2.19. The van der Waals surface area contributed by atoms with Crippen LogP contribution in [0.5, 0.6) is 17.2 Å². The number of anilines is 2. The lowest BCUT2D eigenvalue weighted by Crippen LogP contribution is -2.17. The molecule has 2 aromatic carbocycles. The van der Waals surface area contributed by atoms with Crippen molar-refractivity contribution < 1.29 is 27.4 Å². The van der Waals surface area contributed by atoms with E-state index in [4.69, 9.17) is 21.1 Å². The molecule has 0 spiro atoms. The molecule has 1 heterocycles. The van der Waals surface area contributed by atoms with Crippen LogP contribution in [-0.2, 0) is 0 Å². The highest BCUT2D eigenvalue weighted by Gasteiger charge is 2.32. The number of ether oxygens (including phenoxy) is 3. The van der Waals surface area contributed by atoms with Gasteiger partial charge in [-0.3, -0.25) is 4.98 Å². The van der Waals surface area contributed by atoms with Crippen molar-refractivity contribution in [3.63, 3.8) is 0 Å². The van der Waals surface area contributed by atoms with Gasteiger partial charge in [-0.15, -0.1) is 13.2 Å². The first kappa shape index (κ1) is 24.3. The molecule has 10 heteroatoms. The van der Waals surface area contributed by atoms with E-state index in [0.29, 0.717) is 33.8 Å². The number of methoxy groups -OCH3 is 1. The Labute approximate surface area is 193 Å². The molecule has 174 valence electrons. The van der Waals surface area contributed by atoms with Crippen LogP contribution in [0.1, 0.15) is 32.3 Å². The second-order valence-electron chi connectivity index (χ2n) is 7.05. The number of hydrogen-bond donors (Lipinski definition) is 1. The Morgan fingerprint density at radius 3 is 2.42 bits per heavy atom. The highest BCUT2D eigenvalue weighted by Crippen LogP contribution is 2.39. The molecule has 6 nitrogen and oxygen atoms in total. The average Bonchev–Trinajstić information content (AvgIpc) is 2.78. The SMILES string of the molecule is CCC(CC)Oc1cc2c(Nc3ccc(OC(F)(F)F)c(Cl)c3)c(C#N)cnc2cc1OC. The molecule has 0 unspecified atom stereocenters. The Kier molecular flexibility index (Phi) is 7.39. The molecule has 3 rings (SSSR count). The van der Waals surface area contributed by atoms with E-state index in [0.717, 1.165) is 18.9 Å². The predicted octanol–water partition coefficient (Wildman–Crippen LogP) is 6.98. The summed E-state index contributed by atoms with van der Waals surface area (Å²) in [5, 5.41) is 13.0. The number of halogens is 4. The number of nitrogens with zero attached hydrogens (tertiary/aromatic N) is 2. The standard InChI is InChI=1S/C23H21ClF3N3O3/c1-4-15(5-2)32-21-9-16-18(10-20(21)31-3)29-12-13(11-28)22(16)30-14-6-7-19(17(24)8-14)33-23(25,26)27/h6-10,12,15H,4-5H2,1-3H3,(H,29,30). The quantitative estimate of drug-likeness (QED) is 0.375. The van der Waals surface area contributed by atoms with Gasteiger partial charge >= 0.3 is 6.36 Å². The molecule has 0 amide bonds. The maximum absolute atomic E-state index is 12.5. The van der Waals surface area contributed by atoms with Gasteiger partial charge in [0.05, 0.1) is 35.0 Å². The molecule has 0 bridgehead atoms. The number of alkyl halides is 3. The highest BCUT2D eigenvalue weighted by atomic mass is 35.5. The third kappa shape index (κ3) is 5.71. The Balaban J connectivity index is 2.07. The molecule has 0 aliphatic carbocycles. The number of fused-ring (bicyclic) bond motifs is 1. The van der Waals surface area contributed by atoms with Crippen molar-refractivity contribution >= 4 is 33.9 Å². The van der Waals surface area contributed by atoms with Crippen LogP contribution in [0.15, 0.2) is 36.5 Å². The maximum Gasteiger partial charge on any atom is 0.573 e. The fraction of sp³-hybridized carbons (Fsp3) is 0.304. The van der Waals surface area contributed by atoms with Crippen molar-refractivity contribution in [2.75, 3.05) is 12.4 Å². The fourth-order valence-electron chi connectivity index (χ4n) is 3.24. The lowest BCUT2D eigenvalue weighted by molar-refractivity contribution is -0.274. The van der Waals surface area contributed by atoms with Crippen LogP contribution in [0.3, 0.4) is 0 Å².